The second kappa shape index (κ2) is 10.7. The van der Waals surface area contributed by atoms with Crippen molar-refractivity contribution in [2.24, 2.45) is 0 Å². The summed E-state index contributed by atoms with van der Waals surface area (Å²) in [6, 6.07) is 6.44. The van der Waals surface area contributed by atoms with Crippen molar-refractivity contribution in [3.63, 3.8) is 0 Å². The summed E-state index contributed by atoms with van der Waals surface area (Å²) in [5, 5.41) is 10.5. The molecule has 3 nitrogen and oxygen atoms in total. The summed E-state index contributed by atoms with van der Waals surface area (Å²) in [5.41, 5.74) is 9.37. The summed E-state index contributed by atoms with van der Waals surface area (Å²) in [6.45, 7) is 10.3. The van der Waals surface area contributed by atoms with E-state index >= 15 is 0 Å². The van der Waals surface area contributed by atoms with Crippen LogP contribution in [0.15, 0.2) is 18.2 Å². The van der Waals surface area contributed by atoms with Crippen LogP contribution in [0.2, 0.25) is 3.48 Å². The third kappa shape index (κ3) is 5.43. The molecule has 0 amide bonds. The van der Waals surface area contributed by atoms with E-state index in [1.54, 1.807) is 0 Å². The van der Waals surface area contributed by atoms with E-state index in [1.165, 1.54) is 49.7 Å². The molecule has 0 aromatic heterocycles. The summed E-state index contributed by atoms with van der Waals surface area (Å²) in [6.07, 6.45) is 4.04. The molecule has 1 saturated heterocycles. The van der Waals surface area contributed by atoms with Crippen molar-refractivity contribution in [2.45, 2.75) is 69.0 Å². The van der Waals surface area contributed by atoms with Crippen LogP contribution in [0.5, 0.6) is 0 Å². The first-order chi connectivity index (χ1) is 11.1. The van der Waals surface area contributed by atoms with E-state index in [0.717, 1.165) is 28.7 Å². The van der Waals surface area contributed by atoms with Crippen LogP contribution < -0.4 is 5.73 Å². The zero-order valence-corrected chi connectivity index (χ0v) is 19.1. The van der Waals surface area contributed by atoms with Gasteiger partial charge in [-0.05, 0) is 0 Å². The summed E-state index contributed by atoms with van der Waals surface area (Å²) < 4.78 is 0.972. The second-order valence-electron chi connectivity index (χ2n) is 5.84. The number of aliphatic hydroxyl groups is 1. The number of nitrogens with zero attached hydrogens (tertiary/aromatic N) is 1. The van der Waals surface area contributed by atoms with Gasteiger partial charge in [0.2, 0.25) is 0 Å². The van der Waals surface area contributed by atoms with Gasteiger partial charge in [-0.3, -0.25) is 0 Å². The minimum atomic E-state index is -0.261. The van der Waals surface area contributed by atoms with Gasteiger partial charge in [-0.25, -0.2) is 0 Å². The van der Waals surface area contributed by atoms with E-state index in [1.807, 2.05) is 39.8 Å². The van der Waals surface area contributed by atoms with Crippen LogP contribution in [-0.2, 0) is 12.8 Å². The molecule has 0 spiro atoms. The van der Waals surface area contributed by atoms with Crippen LogP contribution in [-0.4, -0.2) is 61.0 Å². The summed E-state index contributed by atoms with van der Waals surface area (Å²) >= 11 is 1.32. The first kappa shape index (κ1) is 20.9. The topological polar surface area (TPSA) is 49.5 Å². The molecule has 129 valence electrons. The van der Waals surface area contributed by atoms with Gasteiger partial charge in [0, 0.05) is 0 Å². The van der Waals surface area contributed by atoms with Crippen molar-refractivity contribution in [1.29, 1.82) is 0 Å². The number of benzene rings is 1. The van der Waals surface area contributed by atoms with Crippen molar-refractivity contribution in [3.8, 4) is 0 Å². The Morgan fingerprint density at radius 3 is 2.30 bits per heavy atom. The van der Waals surface area contributed by atoms with Gasteiger partial charge >= 0.3 is 131 Å². The Bertz CT molecular complexity index is 459. The fourth-order valence-corrected chi connectivity index (χ4v) is 4.41. The maximum atomic E-state index is 10.5. The summed E-state index contributed by atoms with van der Waals surface area (Å²) in [5.74, 6) is 0. The van der Waals surface area contributed by atoms with E-state index in [-0.39, 0.29) is 6.10 Å². The van der Waals surface area contributed by atoms with Crippen molar-refractivity contribution in [3.05, 3.63) is 29.3 Å². The fraction of sp³-hybridized carbons (Fsp3) is 0.684. The third-order valence-electron chi connectivity index (χ3n) is 4.59. The maximum absolute atomic E-state index is 10.5. The second-order valence-corrected chi connectivity index (χ2v) is 9.01. The van der Waals surface area contributed by atoms with Gasteiger partial charge in [-0.15, -0.1) is 0 Å². The Kier molecular flexibility index (Phi) is 9.70. The molecule has 2 atom stereocenters. The fourth-order valence-electron chi connectivity index (χ4n) is 3.40. The number of aliphatic hydroxyl groups excluding tert-OH is 1. The third-order valence-corrected chi connectivity index (χ3v) is 6.84. The van der Waals surface area contributed by atoms with E-state index in [0.29, 0.717) is 12.5 Å². The Morgan fingerprint density at radius 1 is 1.09 bits per heavy atom. The molecule has 3 rings (SSSR count). The number of fused-ring (bicyclic) bond motifs is 1. The number of hydrogen-bond donors (Lipinski definition) is 2. The van der Waals surface area contributed by atoms with Gasteiger partial charge in [0.1, 0.15) is 0 Å². The Balaban J connectivity index is 0.000000615. The van der Waals surface area contributed by atoms with Crippen molar-refractivity contribution < 1.29 is 5.11 Å². The van der Waals surface area contributed by atoms with Gasteiger partial charge < -0.3 is 0 Å². The molecule has 23 heavy (non-hydrogen) atoms. The van der Waals surface area contributed by atoms with E-state index < -0.39 is 0 Å². The van der Waals surface area contributed by atoms with Crippen molar-refractivity contribution in [1.82, 2.24) is 4.90 Å². The Morgan fingerprint density at radius 2 is 1.70 bits per heavy atom. The number of rotatable bonds is 1. The predicted octanol–water partition coefficient (Wildman–Crippen LogP) is 3.20. The molecule has 4 heteroatoms. The average molecular weight is 513 g/mol. The molecule has 3 radical (unpaired) electrons. The molecular formula is C19H33N2OPb. The van der Waals surface area contributed by atoms with Gasteiger partial charge in [0.15, 0.2) is 0 Å². The molecular weight excluding hydrogens is 479 g/mol. The number of nitrogens with two attached hydrogens (primary N) is 1. The molecule has 0 saturated carbocycles. The van der Waals surface area contributed by atoms with Gasteiger partial charge in [0.05, 0.1) is 0 Å². The molecule has 3 N–H and O–H groups in total. The van der Waals surface area contributed by atoms with Crippen LogP contribution in [0.4, 0.5) is 5.69 Å². The monoisotopic (exact) mass is 513 g/mol. The van der Waals surface area contributed by atoms with E-state index in [9.17, 15) is 5.11 Å². The minimum absolute atomic E-state index is 0.261. The molecule has 1 aromatic rings. The van der Waals surface area contributed by atoms with Crippen LogP contribution in [0, 0.1) is 0 Å². The van der Waals surface area contributed by atoms with Gasteiger partial charge in [0.25, 0.3) is 0 Å². The SMILES string of the molecule is CC.CC.Nc1cccc2c1CC(O)C(N1CC[CH]([Pb])CC1)C2. The first-order valence-corrected chi connectivity index (χ1v) is 11.4. The van der Waals surface area contributed by atoms with E-state index in [4.69, 9.17) is 5.73 Å². The average Bonchev–Trinajstić information content (AvgIpc) is 2.60. The first-order valence-electron chi connectivity index (χ1n) is 9.14. The van der Waals surface area contributed by atoms with Crippen LogP contribution in [0.3, 0.4) is 0 Å². The predicted molar refractivity (Wildman–Crippen MR) is 101 cm³/mol. The molecule has 1 aromatic carbocycles. The molecule has 1 aliphatic carbocycles. The number of piperidine rings is 1. The molecule has 2 unspecified atom stereocenters. The molecule has 1 fully saturated rings. The van der Waals surface area contributed by atoms with Crippen LogP contribution in [0.1, 0.15) is 51.7 Å². The molecule has 1 aliphatic heterocycles. The zero-order valence-electron chi connectivity index (χ0n) is 15.2. The van der Waals surface area contributed by atoms with E-state index in [2.05, 4.69) is 11.0 Å². The normalized spacial score (nSPS) is 24.6. The van der Waals surface area contributed by atoms with Gasteiger partial charge in [-0.1, -0.05) is 27.7 Å². The van der Waals surface area contributed by atoms with Crippen LogP contribution in [0.25, 0.3) is 0 Å². The summed E-state index contributed by atoms with van der Waals surface area (Å²) in [7, 11) is 0. The summed E-state index contributed by atoms with van der Waals surface area (Å²) in [4.78, 5) is 2.51. The molecule has 1 heterocycles. The zero-order chi connectivity index (χ0) is 17.4. The number of hydrogen-bond acceptors (Lipinski definition) is 3. The molecule has 0 bridgehead atoms. The van der Waals surface area contributed by atoms with Crippen molar-refractivity contribution >= 4 is 31.5 Å². The number of anilines is 1. The van der Waals surface area contributed by atoms with Crippen molar-refractivity contribution in [2.75, 3.05) is 18.8 Å². The van der Waals surface area contributed by atoms with Gasteiger partial charge in [-0.2, -0.15) is 0 Å². The Hall–Kier alpha value is -0.138. The Labute approximate surface area is 158 Å². The number of likely N-dealkylation sites (tertiary alicyclic amines) is 1. The van der Waals surface area contributed by atoms with Crippen LogP contribution >= 0.6 is 0 Å². The quantitative estimate of drug-likeness (QED) is 0.449. The standard InChI is InChI=1S/C15H21N2O.2C2H6.Pb/c16-13-6-4-5-11-9-14(15(18)10-12(11)13)17-7-2-1-3-8-17;2*1-2;/h1,4-6,14-15,18H,2-3,7-10,16H2;2*1-2H3;. The molecule has 2 aliphatic rings. The number of nitrogen functional groups attached to an aromatic ring is 1.